The Morgan fingerprint density at radius 1 is 1.08 bits per heavy atom. The Labute approximate surface area is 283 Å². The molecule has 3 atom stereocenters. The third-order valence-electron chi connectivity index (χ3n) is 9.88. The number of carbonyl (C=O) groups is 2. The maximum atomic E-state index is 15.3. The van der Waals surface area contributed by atoms with Crippen molar-refractivity contribution in [2.45, 2.75) is 43.6 Å². The van der Waals surface area contributed by atoms with Gasteiger partial charge in [0.05, 0.1) is 37.1 Å². The highest BCUT2D eigenvalue weighted by atomic mass is 19.1. The number of piperazine rings is 1. The van der Waals surface area contributed by atoms with E-state index in [2.05, 4.69) is 31.2 Å². The summed E-state index contributed by atoms with van der Waals surface area (Å²) in [6, 6.07) is 13.6. The van der Waals surface area contributed by atoms with E-state index in [9.17, 15) is 14.9 Å². The van der Waals surface area contributed by atoms with Crippen LogP contribution in [0.15, 0.2) is 48.7 Å². The van der Waals surface area contributed by atoms with E-state index in [1.54, 1.807) is 43.6 Å². The van der Waals surface area contributed by atoms with Crippen LogP contribution in [0.2, 0.25) is 0 Å². The first kappa shape index (κ1) is 32.7. The quantitative estimate of drug-likeness (QED) is 0.381. The lowest BCUT2D eigenvalue weighted by Gasteiger charge is -2.43. The monoisotopic (exact) mass is 672 g/mol. The van der Waals surface area contributed by atoms with Gasteiger partial charge in [0.15, 0.2) is 12.0 Å². The third kappa shape index (κ3) is 6.86. The number of carbonyl (C=O) groups excluding carboxylic acids is 2. The van der Waals surface area contributed by atoms with Gasteiger partial charge in [0.25, 0.3) is 0 Å². The van der Waals surface area contributed by atoms with E-state index >= 15 is 8.78 Å². The summed E-state index contributed by atoms with van der Waals surface area (Å²) in [5.74, 6) is 0.352. The summed E-state index contributed by atoms with van der Waals surface area (Å²) in [5, 5.41) is 13.0. The second-order valence-corrected chi connectivity index (χ2v) is 12.9. The summed E-state index contributed by atoms with van der Waals surface area (Å²) < 4.78 is 41.8. The zero-order valence-corrected chi connectivity index (χ0v) is 27.2. The van der Waals surface area contributed by atoms with Crippen molar-refractivity contribution in [3.05, 3.63) is 60.0 Å². The Kier molecular flexibility index (Phi) is 9.29. The summed E-state index contributed by atoms with van der Waals surface area (Å²) in [6.45, 7) is 4.94. The van der Waals surface area contributed by atoms with Gasteiger partial charge >= 0.3 is 0 Å². The molecule has 5 heterocycles. The minimum Gasteiger partial charge on any atom is -0.486 e. The van der Waals surface area contributed by atoms with E-state index in [0.29, 0.717) is 47.5 Å². The Morgan fingerprint density at radius 3 is 2.57 bits per heavy atom. The normalized spacial score (nSPS) is 23.3. The van der Waals surface area contributed by atoms with E-state index in [1.165, 1.54) is 15.9 Å². The van der Waals surface area contributed by atoms with Crippen LogP contribution in [0.4, 0.5) is 26.0 Å². The second-order valence-electron chi connectivity index (χ2n) is 12.9. The Bertz CT molecular complexity index is 1760. The lowest BCUT2D eigenvalue weighted by molar-refractivity contribution is -0.143. The molecule has 0 saturated carbocycles. The third-order valence-corrected chi connectivity index (χ3v) is 9.88. The number of ether oxygens (including phenoxy) is 2. The predicted octanol–water partition coefficient (Wildman–Crippen LogP) is 3.36. The van der Waals surface area contributed by atoms with Crippen molar-refractivity contribution in [1.82, 2.24) is 24.7 Å². The molecule has 14 heteroatoms. The largest absolute Gasteiger partial charge is 0.486 e. The van der Waals surface area contributed by atoms with Crippen LogP contribution in [0.3, 0.4) is 0 Å². The molecule has 4 saturated heterocycles. The number of hydrogen-bond acceptors (Lipinski definition) is 10. The van der Waals surface area contributed by atoms with Gasteiger partial charge in [0.1, 0.15) is 35.6 Å². The molecule has 2 aromatic carbocycles. The zero-order chi connectivity index (χ0) is 34.1. The Morgan fingerprint density at radius 2 is 1.90 bits per heavy atom. The van der Waals surface area contributed by atoms with Gasteiger partial charge < -0.3 is 29.5 Å². The lowest BCUT2D eigenvalue weighted by Crippen LogP contribution is -2.56. The van der Waals surface area contributed by atoms with Crippen LogP contribution < -0.4 is 15.0 Å². The molecule has 2 amide bonds. The minimum absolute atomic E-state index is 0.0878. The van der Waals surface area contributed by atoms with Gasteiger partial charge in [-0.05, 0) is 48.9 Å². The van der Waals surface area contributed by atoms with Crippen molar-refractivity contribution in [1.29, 1.82) is 5.26 Å². The van der Waals surface area contributed by atoms with Crippen molar-refractivity contribution in [3.63, 3.8) is 0 Å². The Hall–Kier alpha value is -4.87. The molecule has 4 fully saturated rings. The standard InChI is InChI=1S/C35H38F2N8O4/c1-42-29(5-7-33(42)46)35(47)45-11-9-31(27(37)19-45)49-30-6-2-22(16-23(30)18-38)34-39-10-8-32(41-34)40-24-3-4-28(26(36)17-24)44-14-12-43(13-15-44)25-20-48-21-25/h2-4,6,8,10,16-17,25,27,29,31H,5,7,9,11-15,19-21H2,1H3,(H,39,40,41)/t27-,29+,31+/m1/s1. The number of aromatic nitrogens is 2. The zero-order valence-electron chi connectivity index (χ0n) is 27.2. The van der Waals surface area contributed by atoms with E-state index in [1.807, 2.05) is 6.07 Å². The number of hydrogen-bond donors (Lipinski definition) is 1. The van der Waals surface area contributed by atoms with Gasteiger partial charge in [-0.3, -0.25) is 14.5 Å². The Balaban J connectivity index is 0.972. The van der Waals surface area contributed by atoms with E-state index in [-0.39, 0.29) is 48.5 Å². The number of amides is 2. The molecule has 256 valence electrons. The average molecular weight is 673 g/mol. The van der Waals surface area contributed by atoms with Gasteiger partial charge in [-0.1, -0.05) is 0 Å². The van der Waals surface area contributed by atoms with Crippen LogP contribution >= 0.6 is 0 Å². The maximum absolute atomic E-state index is 15.3. The molecule has 0 unspecified atom stereocenters. The molecule has 4 aliphatic rings. The topological polar surface area (TPSA) is 127 Å². The fourth-order valence-electron chi connectivity index (χ4n) is 6.86. The van der Waals surface area contributed by atoms with E-state index in [0.717, 1.165) is 39.4 Å². The van der Waals surface area contributed by atoms with Crippen molar-refractivity contribution in [2.75, 3.05) is 69.7 Å². The van der Waals surface area contributed by atoms with Crippen LogP contribution in [0, 0.1) is 17.1 Å². The number of likely N-dealkylation sites (tertiary alicyclic amines) is 2. The van der Waals surface area contributed by atoms with Crippen molar-refractivity contribution < 1.29 is 27.8 Å². The molecular weight excluding hydrogens is 634 g/mol. The van der Waals surface area contributed by atoms with Crippen LogP contribution in [-0.2, 0) is 14.3 Å². The number of nitriles is 1. The number of halogens is 2. The molecule has 4 aliphatic heterocycles. The van der Waals surface area contributed by atoms with Gasteiger partial charge in [-0.15, -0.1) is 0 Å². The van der Waals surface area contributed by atoms with Gasteiger partial charge in [-0.2, -0.15) is 5.26 Å². The molecule has 1 aromatic heterocycles. The highest BCUT2D eigenvalue weighted by Crippen LogP contribution is 2.31. The van der Waals surface area contributed by atoms with Crippen LogP contribution in [0.5, 0.6) is 5.75 Å². The average Bonchev–Trinajstić information content (AvgIpc) is 3.42. The molecule has 0 radical (unpaired) electrons. The highest BCUT2D eigenvalue weighted by molar-refractivity contribution is 5.90. The fourth-order valence-corrected chi connectivity index (χ4v) is 6.86. The molecule has 12 nitrogen and oxygen atoms in total. The van der Waals surface area contributed by atoms with Gasteiger partial charge in [0, 0.05) is 70.1 Å². The maximum Gasteiger partial charge on any atom is 0.245 e. The molecule has 0 aliphatic carbocycles. The number of likely N-dealkylation sites (N-methyl/N-ethyl adjacent to an activating group) is 1. The van der Waals surface area contributed by atoms with Gasteiger partial charge in [-0.25, -0.2) is 18.7 Å². The molecular formula is C35H38F2N8O4. The smallest absolute Gasteiger partial charge is 0.245 e. The van der Waals surface area contributed by atoms with Crippen molar-refractivity contribution in [2.24, 2.45) is 0 Å². The molecule has 49 heavy (non-hydrogen) atoms. The molecule has 3 aromatic rings. The molecule has 1 N–H and O–H groups in total. The van der Waals surface area contributed by atoms with Crippen LogP contribution in [0.25, 0.3) is 11.4 Å². The first-order chi connectivity index (χ1) is 23.8. The van der Waals surface area contributed by atoms with E-state index in [4.69, 9.17) is 9.47 Å². The highest BCUT2D eigenvalue weighted by Gasteiger charge is 2.40. The first-order valence-corrected chi connectivity index (χ1v) is 16.6. The number of benzene rings is 2. The number of anilines is 3. The molecule has 0 bridgehead atoms. The van der Waals surface area contributed by atoms with Gasteiger partial charge in [0.2, 0.25) is 11.8 Å². The SMILES string of the molecule is CN1C(=O)CC[C@H]1C(=O)N1CC[C@H](Oc2ccc(-c3nccc(Nc4ccc(N5CCN(C6COC6)CC5)c(F)c4)n3)cc2C#N)[C@H](F)C1. The number of nitrogens with zero attached hydrogens (tertiary/aromatic N) is 7. The summed E-state index contributed by atoms with van der Waals surface area (Å²) in [5.41, 5.74) is 1.84. The summed E-state index contributed by atoms with van der Waals surface area (Å²) >= 11 is 0. The predicted molar refractivity (Wildman–Crippen MR) is 177 cm³/mol. The second kappa shape index (κ2) is 13.9. The molecule has 7 rings (SSSR count). The molecule has 0 spiro atoms. The van der Waals surface area contributed by atoms with E-state index < -0.39 is 18.3 Å². The first-order valence-electron chi connectivity index (χ1n) is 16.6. The number of alkyl halides is 1. The number of piperidine rings is 1. The summed E-state index contributed by atoms with van der Waals surface area (Å²) in [7, 11) is 1.60. The lowest BCUT2D eigenvalue weighted by atomic mass is 10.0. The summed E-state index contributed by atoms with van der Waals surface area (Å²) in [6.07, 6.45) is 0.258. The number of rotatable bonds is 8. The number of nitrogens with one attached hydrogen (secondary N) is 1. The summed E-state index contributed by atoms with van der Waals surface area (Å²) in [4.78, 5) is 41.1. The van der Waals surface area contributed by atoms with Crippen molar-refractivity contribution >= 4 is 29.0 Å². The van der Waals surface area contributed by atoms with Crippen molar-refractivity contribution in [3.8, 4) is 23.2 Å². The van der Waals surface area contributed by atoms with Crippen LogP contribution in [0.1, 0.15) is 24.8 Å². The van der Waals surface area contributed by atoms with Crippen LogP contribution in [-0.4, -0.2) is 120 Å². The minimum atomic E-state index is -1.46. The fraction of sp³-hybridized carbons (Fsp3) is 0.457.